The minimum Gasteiger partial charge on any atom is -0.369 e. The average molecular weight is 280 g/mol. The number of rotatable bonds is 6. The van der Waals surface area contributed by atoms with Crippen molar-refractivity contribution in [2.45, 2.75) is 33.1 Å². The molecule has 5 nitrogen and oxygen atoms in total. The van der Waals surface area contributed by atoms with E-state index in [0.29, 0.717) is 5.15 Å². The second kappa shape index (κ2) is 6.52. The fraction of sp³-hybridized carbons (Fsp3) is 0.462. The maximum Gasteiger partial charge on any atom is 0.137 e. The van der Waals surface area contributed by atoms with E-state index in [1.807, 2.05) is 13.1 Å². The molecule has 0 aromatic carbocycles. The zero-order chi connectivity index (χ0) is 13.7. The number of anilines is 1. The number of hydrogen-bond donors (Lipinski definition) is 2. The molecular formula is C13H18ClN5. The summed E-state index contributed by atoms with van der Waals surface area (Å²) in [4.78, 5) is 15.8. The van der Waals surface area contributed by atoms with E-state index in [4.69, 9.17) is 11.6 Å². The first-order valence-corrected chi connectivity index (χ1v) is 6.82. The molecule has 102 valence electrons. The molecule has 19 heavy (non-hydrogen) atoms. The fourth-order valence-corrected chi connectivity index (χ4v) is 1.96. The number of aromatic nitrogens is 4. The van der Waals surface area contributed by atoms with Crippen molar-refractivity contribution in [2.24, 2.45) is 0 Å². The summed E-state index contributed by atoms with van der Waals surface area (Å²) >= 11 is 6.13. The number of imidazole rings is 1. The van der Waals surface area contributed by atoms with Crippen LogP contribution in [0.3, 0.4) is 0 Å². The van der Waals surface area contributed by atoms with E-state index in [1.54, 1.807) is 6.33 Å². The van der Waals surface area contributed by atoms with Crippen molar-refractivity contribution < 1.29 is 0 Å². The number of nitrogens with zero attached hydrogens (tertiary/aromatic N) is 3. The van der Waals surface area contributed by atoms with Gasteiger partial charge in [0.2, 0.25) is 0 Å². The third-order valence-electron chi connectivity index (χ3n) is 2.85. The van der Waals surface area contributed by atoms with Gasteiger partial charge in [-0.05, 0) is 13.3 Å². The van der Waals surface area contributed by atoms with Crippen molar-refractivity contribution in [1.82, 2.24) is 19.9 Å². The molecule has 0 unspecified atom stereocenters. The lowest BCUT2D eigenvalue weighted by Crippen LogP contribution is -2.10. The lowest BCUT2D eigenvalue weighted by molar-refractivity contribution is 0.828. The van der Waals surface area contributed by atoms with E-state index in [0.717, 1.165) is 48.7 Å². The Morgan fingerprint density at radius 1 is 1.32 bits per heavy atom. The summed E-state index contributed by atoms with van der Waals surface area (Å²) < 4.78 is 0. The summed E-state index contributed by atoms with van der Waals surface area (Å²) in [5.41, 5.74) is 1.99. The fourth-order valence-electron chi connectivity index (χ4n) is 1.78. The highest BCUT2D eigenvalue weighted by Gasteiger charge is 2.08. The highest BCUT2D eigenvalue weighted by atomic mass is 35.5. The molecule has 0 aliphatic heterocycles. The molecule has 0 radical (unpaired) electrons. The van der Waals surface area contributed by atoms with Gasteiger partial charge in [0, 0.05) is 36.8 Å². The predicted octanol–water partition coefficient (Wildman–Crippen LogP) is 2.77. The highest BCUT2D eigenvalue weighted by molar-refractivity contribution is 6.30. The van der Waals surface area contributed by atoms with E-state index in [1.165, 1.54) is 0 Å². The molecule has 2 heterocycles. The van der Waals surface area contributed by atoms with Crippen molar-refractivity contribution in [3.05, 3.63) is 34.8 Å². The molecule has 0 bridgehead atoms. The number of aromatic amines is 1. The van der Waals surface area contributed by atoms with Crippen LogP contribution in [0.2, 0.25) is 5.15 Å². The van der Waals surface area contributed by atoms with Gasteiger partial charge in [0.1, 0.15) is 16.8 Å². The molecule has 0 fully saturated rings. The van der Waals surface area contributed by atoms with Gasteiger partial charge in [-0.15, -0.1) is 0 Å². The van der Waals surface area contributed by atoms with Crippen LogP contribution >= 0.6 is 11.6 Å². The molecule has 0 aliphatic rings. The quantitative estimate of drug-likeness (QED) is 0.798. The van der Waals surface area contributed by atoms with Crippen molar-refractivity contribution >= 4 is 17.4 Å². The minimum atomic E-state index is 0.530. The topological polar surface area (TPSA) is 66.5 Å². The van der Waals surface area contributed by atoms with E-state index in [2.05, 4.69) is 32.2 Å². The van der Waals surface area contributed by atoms with Crippen molar-refractivity contribution in [3.8, 4) is 0 Å². The van der Waals surface area contributed by atoms with Gasteiger partial charge < -0.3 is 10.3 Å². The van der Waals surface area contributed by atoms with E-state index in [9.17, 15) is 0 Å². The molecule has 2 aromatic heterocycles. The lowest BCUT2D eigenvalue weighted by atomic mass is 10.2. The van der Waals surface area contributed by atoms with Crippen molar-refractivity contribution in [2.75, 3.05) is 11.9 Å². The second-order valence-electron chi connectivity index (χ2n) is 4.41. The third kappa shape index (κ3) is 3.67. The van der Waals surface area contributed by atoms with E-state index >= 15 is 0 Å². The zero-order valence-electron chi connectivity index (χ0n) is 11.2. The van der Waals surface area contributed by atoms with Gasteiger partial charge >= 0.3 is 0 Å². The smallest absolute Gasteiger partial charge is 0.137 e. The van der Waals surface area contributed by atoms with Crippen LogP contribution < -0.4 is 5.32 Å². The summed E-state index contributed by atoms with van der Waals surface area (Å²) in [7, 11) is 0. The number of nitrogens with one attached hydrogen (secondary N) is 2. The highest BCUT2D eigenvalue weighted by Crippen LogP contribution is 2.20. The zero-order valence-corrected chi connectivity index (χ0v) is 12.0. The van der Waals surface area contributed by atoms with Crippen molar-refractivity contribution in [3.63, 3.8) is 0 Å². The molecule has 0 saturated heterocycles. The minimum absolute atomic E-state index is 0.530. The lowest BCUT2D eigenvalue weighted by Gasteiger charge is -2.10. The van der Waals surface area contributed by atoms with Crippen LogP contribution in [-0.4, -0.2) is 26.5 Å². The maximum atomic E-state index is 6.13. The van der Waals surface area contributed by atoms with Crippen LogP contribution in [0.1, 0.15) is 30.4 Å². The van der Waals surface area contributed by atoms with Gasteiger partial charge in [-0.3, -0.25) is 0 Å². The summed E-state index contributed by atoms with van der Waals surface area (Å²) in [5.74, 6) is 1.62. The van der Waals surface area contributed by atoms with E-state index in [-0.39, 0.29) is 0 Å². The summed E-state index contributed by atoms with van der Waals surface area (Å²) in [6.45, 7) is 4.81. The predicted molar refractivity (Wildman–Crippen MR) is 76.6 cm³/mol. The first kappa shape index (κ1) is 13.8. The Morgan fingerprint density at radius 3 is 2.84 bits per heavy atom. The standard InChI is InChI=1S/C13H18ClN5/c1-3-4-11-18-12(14)9(2)13(19-11)16-6-5-10-7-15-8-17-10/h7-8H,3-6H2,1-2H3,(H,15,17)(H,16,18,19). The summed E-state index contributed by atoms with van der Waals surface area (Å²) in [6, 6.07) is 0. The second-order valence-corrected chi connectivity index (χ2v) is 4.77. The normalized spacial score (nSPS) is 10.7. The molecule has 0 spiro atoms. The monoisotopic (exact) mass is 279 g/mol. The van der Waals surface area contributed by atoms with Crippen LogP contribution in [0, 0.1) is 6.92 Å². The van der Waals surface area contributed by atoms with Crippen molar-refractivity contribution in [1.29, 1.82) is 0 Å². The largest absolute Gasteiger partial charge is 0.369 e. The molecule has 2 rings (SSSR count). The Morgan fingerprint density at radius 2 is 2.16 bits per heavy atom. The number of H-pyrrole nitrogens is 1. The van der Waals surface area contributed by atoms with Gasteiger partial charge in [-0.1, -0.05) is 18.5 Å². The van der Waals surface area contributed by atoms with Gasteiger partial charge in [0.25, 0.3) is 0 Å². The molecule has 2 N–H and O–H groups in total. The van der Waals surface area contributed by atoms with Gasteiger partial charge in [-0.25, -0.2) is 15.0 Å². The summed E-state index contributed by atoms with van der Waals surface area (Å²) in [5, 5.41) is 3.84. The van der Waals surface area contributed by atoms with Gasteiger partial charge in [0.15, 0.2) is 0 Å². The summed E-state index contributed by atoms with van der Waals surface area (Å²) in [6.07, 6.45) is 6.22. The average Bonchev–Trinajstić information content (AvgIpc) is 2.88. The van der Waals surface area contributed by atoms with Crippen LogP contribution in [0.4, 0.5) is 5.82 Å². The third-order valence-corrected chi connectivity index (χ3v) is 3.22. The van der Waals surface area contributed by atoms with Crippen LogP contribution in [-0.2, 0) is 12.8 Å². The Kier molecular flexibility index (Phi) is 4.74. The Bertz CT molecular complexity index is 524. The first-order chi connectivity index (χ1) is 9.20. The molecule has 0 atom stereocenters. The van der Waals surface area contributed by atoms with Crippen LogP contribution in [0.5, 0.6) is 0 Å². The first-order valence-electron chi connectivity index (χ1n) is 6.44. The van der Waals surface area contributed by atoms with Crippen LogP contribution in [0.25, 0.3) is 0 Å². The Balaban J connectivity index is 2.02. The molecule has 0 saturated carbocycles. The maximum absolute atomic E-state index is 6.13. The van der Waals surface area contributed by atoms with Gasteiger partial charge in [0.05, 0.1) is 6.33 Å². The number of hydrogen-bond acceptors (Lipinski definition) is 4. The molecule has 0 amide bonds. The molecule has 2 aromatic rings. The van der Waals surface area contributed by atoms with E-state index < -0.39 is 0 Å². The van der Waals surface area contributed by atoms with Crippen LogP contribution in [0.15, 0.2) is 12.5 Å². The number of aryl methyl sites for hydroxylation is 1. The SMILES string of the molecule is CCCc1nc(Cl)c(C)c(NCCc2cnc[nH]2)n1. The van der Waals surface area contributed by atoms with Gasteiger partial charge in [-0.2, -0.15) is 0 Å². The molecule has 6 heteroatoms. The Labute approximate surface area is 117 Å². The molecule has 0 aliphatic carbocycles. The molecular weight excluding hydrogens is 262 g/mol. The Hall–Kier alpha value is -1.62. The number of halogens is 1.